The van der Waals surface area contributed by atoms with E-state index in [1.165, 1.54) is 15.8 Å². The summed E-state index contributed by atoms with van der Waals surface area (Å²) in [5.74, 6) is 0.418. The van der Waals surface area contributed by atoms with Gasteiger partial charge in [-0.05, 0) is 82.3 Å². The summed E-state index contributed by atoms with van der Waals surface area (Å²) in [6.45, 7) is 14.0. The molecule has 4 aromatic rings. The third kappa shape index (κ3) is 9.23. The molecule has 0 bridgehead atoms. The van der Waals surface area contributed by atoms with E-state index in [1.54, 1.807) is 52.1 Å². The molecule has 0 spiro atoms. The van der Waals surface area contributed by atoms with Crippen molar-refractivity contribution in [1.29, 1.82) is 0 Å². The number of anilines is 1. The molecule has 2 heterocycles. The number of ether oxygens (including phenoxy) is 4. The van der Waals surface area contributed by atoms with Crippen molar-refractivity contribution >= 4 is 33.3 Å². The molecule has 1 N–H and O–H groups in total. The van der Waals surface area contributed by atoms with Crippen LogP contribution in [0.2, 0.25) is 0 Å². The summed E-state index contributed by atoms with van der Waals surface area (Å²) in [4.78, 5) is 19.0. The van der Waals surface area contributed by atoms with Crippen molar-refractivity contribution in [1.82, 2.24) is 13.9 Å². The Balaban J connectivity index is 1.85. The van der Waals surface area contributed by atoms with E-state index in [1.807, 2.05) is 50.5 Å². The number of hydrogen-bond acceptors (Lipinski definition) is 11. The summed E-state index contributed by atoms with van der Waals surface area (Å²) >= 11 is 1.24. The Hall–Kier alpha value is -3.66. The van der Waals surface area contributed by atoms with Gasteiger partial charge in [-0.15, -0.1) is 0 Å². The van der Waals surface area contributed by atoms with Gasteiger partial charge in [0.25, 0.3) is 10.0 Å². The molecule has 2 aromatic carbocycles. The Morgan fingerprint density at radius 3 is 2.39 bits per heavy atom. The largest absolute Gasteiger partial charge is 0.461 e. The second-order valence-corrected chi connectivity index (χ2v) is 15.3. The normalized spacial score (nSPS) is 12.0. The number of hydrogen-bond donors (Lipinski definition) is 1. The lowest BCUT2D eigenvalue weighted by Gasteiger charge is -2.25. The van der Waals surface area contributed by atoms with Crippen LogP contribution in [0.15, 0.2) is 47.4 Å². The van der Waals surface area contributed by atoms with Gasteiger partial charge in [0.1, 0.15) is 23.9 Å². The number of aliphatic hydroxyl groups is 1. The van der Waals surface area contributed by atoms with E-state index in [9.17, 15) is 18.3 Å². The highest BCUT2D eigenvalue weighted by molar-refractivity contribution is 7.93. The number of aryl methyl sites for hydroxylation is 2. The van der Waals surface area contributed by atoms with Gasteiger partial charge in [0, 0.05) is 42.7 Å². The number of esters is 1. The fraction of sp³-hybridized carbons (Fsp3) is 0.486. The molecule has 0 unspecified atom stereocenters. The van der Waals surface area contributed by atoms with E-state index in [0.717, 1.165) is 28.0 Å². The maximum Gasteiger partial charge on any atom is 0.357 e. The number of aromatic nitrogens is 3. The van der Waals surface area contributed by atoms with Crippen LogP contribution in [-0.4, -0.2) is 73.7 Å². The third-order valence-electron chi connectivity index (χ3n) is 8.29. The van der Waals surface area contributed by atoms with E-state index in [4.69, 9.17) is 23.9 Å². The number of imidazole rings is 1. The van der Waals surface area contributed by atoms with Gasteiger partial charge in [-0.3, -0.25) is 0 Å². The standard InChI is InChI=1S/C37H50N4O8S2/c1-9-14-32-38-34(37(6,7)43)33(36(42)49-11-3)40(32)22-27-17-18-29(28(21-27)23-47-10-2)30-15-12-13-16-31(30)51(44,45)41(24-48-20-19-46-8)35-25(4)26(5)50-39-35/h12-13,15-18,21,43H,9-11,14,19-20,22-24H2,1-8H3. The van der Waals surface area contributed by atoms with Crippen LogP contribution in [0.1, 0.15) is 84.6 Å². The van der Waals surface area contributed by atoms with Gasteiger partial charge < -0.3 is 28.6 Å². The van der Waals surface area contributed by atoms with Crippen LogP contribution in [-0.2, 0) is 54.1 Å². The van der Waals surface area contributed by atoms with Gasteiger partial charge in [-0.1, -0.05) is 43.3 Å². The van der Waals surface area contributed by atoms with E-state index in [0.29, 0.717) is 42.4 Å². The Morgan fingerprint density at radius 2 is 1.76 bits per heavy atom. The minimum absolute atomic E-state index is 0.0927. The molecule has 0 aliphatic carbocycles. The third-order valence-corrected chi connectivity index (χ3v) is 10.9. The van der Waals surface area contributed by atoms with Crippen LogP contribution >= 0.6 is 11.5 Å². The molecule has 0 radical (unpaired) electrons. The average Bonchev–Trinajstić information content (AvgIpc) is 3.62. The Morgan fingerprint density at radius 1 is 1.02 bits per heavy atom. The van der Waals surface area contributed by atoms with Crippen LogP contribution in [0.3, 0.4) is 0 Å². The van der Waals surface area contributed by atoms with E-state index in [-0.39, 0.29) is 49.4 Å². The molecule has 51 heavy (non-hydrogen) atoms. The van der Waals surface area contributed by atoms with Gasteiger partial charge in [0.05, 0.1) is 31.3 Å². The van der Waals surface area contributed by atoms with Crippen molar-refractivity contribution in [3.05, 3.63) is 81.2 Å². The molecular formula is C37H50N4O8S2. The zero-order valence-electron chi connectivity index (χ0n) is 30.8. The van der Waals surface area contributed by atoms with E-state index < -0.39 is 21.6 Å². The first kappa shape index (κ1) is 40.1. The second kappa shape index (κ2) is 17.7. The molecule has 278 valence electrons. The van der Waals surface area contributed by atoms with Crippen molar-refractivity contribution in [2.75, 3.05) is 44.6 Å². The lowest BCUT2D eigenvalue weighted by atomic mass is 9.97. The highest BCUT2D eigenvalue weighted by atomic mass is 32.2. The first-order chi connectivity index (χ1) is 24.3. The second-order valence-electron chi connectivity index (χ2n) is 12.5. The maximum absolute atomic E-state index is 14.6. The Kier molecular flexibility index (Phi) is 13.9. The zero-order chi connectivity index (χ0) is 37.3. The van der Waals surface area contributed by atoms with E-state index in [2.05, 4.69) is 4.37 Å². The summed E-state index contributed by atoms with van der Waals surface area (Å²) in [7, 11) is -2.63. The smallest absolute Gasteiger partial charge is 0.357 e. The highest BCUT2D eigenvalue weighted by Crippen LogP contribution is 2.36. The quantitative estimate of drug-likeness (QED) is 0.0654. The minimum atomic E-state index is -4.19. The van der Waals surface area contributed by atoms with Crippen molar-refractivity contribution in [2.24, 2.45) is 0 Å². The fourth-order valence-corrected chi connectivity index (χ4v) is 7.95. The van der Waals surface area contributed by atoms with Gasteiger partial charge in [0.15, 0.2) is 11.5 Å². The summed E-state index contributed by atoms with van der Waals surface area (Å²) in [5.41, 5.74) is 2.62. The van der Waals surface area contributed by atoms with Crippen LogP contribution in [0.4, 0.5) is 5.82 Å². The summed E-state index contributed by atoms with van der Waals surface area (Å²) in [6, 6.07) is 12.6. The van der Waals surface area contributed by atoms with Crippen LogP contribution in [0.25, 0.3) is 11.1 Å². The summed E-state index contributed by atoms with van der Waals surface area (Å²) in [5, 5.41) is 11.0. The van der Waals surface area contributed by atoms with Gasteiger partial charge >= 0.3 is 5.97 Å². The zero-order valence-corrected chi connectivity index (χ0v) is 32.4. The molecule has 0 amide bonds. The molecule has 0 saturated heterocycles. The van der Waals surface area contributed by atoms with Crippen molar-refractivity contribution in [2.45, 2.75) is 85.0 Å². The maximum atomic E-state index is 14.6. The molecular weight excluding hydrogens is 693 g/mol. The number of sulfonamides is 1. The summed E-state index contributed by atoms with van der Waals surface area (Å²) < 4.78 is 58.9. The van der Waals surface area contributed by atoms with Crippen LogP contribution < -0.4 is 4.31 Å². The van der Waals surface area contributed by atoms with Crippen molar-refractivity contribution in [3.8, 4) is 11.1 Å². The summed E-state index contributed by atoms with van der Waals surface area (Å²) in [6.07, 6.45) is 1.36. The van der Waals surface area contributed by atoms with Crippen molar-refractivity contribution < 1.29 is 37.3 Å². The van der Waals surface area contributed by atoms with Gasteiger partial charge in [-0.2, -0.15) is 4.37 Å². The van der Waals surface area contributed by atoms with Gasteiger partial charge in [-0.25, -0.2) is 22.5 Å². The minimum Gasteiger partial charge on any atom is -0.461 e. The Labute approximate surface area is 305 Å². The molecule has 0 aliphatic rings. The molecule has 0 aliphatic heterocycles. The molecule has 0 atom stereocenters. The number of nitrogens with zero attached hydrogens (tertiary/aromatic N) is 4. The van der Waals surface area contributed by atoms with Crippen molar-refractivity contribution in [3.63, 3.8) is 0 Å². The lowest BCUT2D eigenvalue weighted by Crippen LogP contribution is -2.35. The molecule has 14 heteroatoms. The average molecular weight is 743 g/mol. The number of methoxy groups -OCH3 is 1. The van der Waals surface area contributed by atoms with E-state index >= 15 is 0 Å². The molecule has 12 nitrogen and oxygen atoms in total. The first-order valence-corrected chi connectivity index (χ1v) is 19.3. The predicted molar refractivity (Wildman–Crippen MR) is 198 cm³/mol. The fourth-order valence-electron chi connectivity index (χ4n) is 5.64. The van der Waals surface area contributed by atoms with Crippen LogP contribution in [0.5, 0.6) is 0 Å². The highest BCUT2D eigenvalue weighted by Gasteiger charge is 2.34. The molecule has 4 rings (SSSR count). The molecule has 2 aromatic heterocycles. The molecule has 0 saturated carbocycles. The number of carbonyl (C=O) groups excluding carboxylic acids is 1. The van der Waals surface area contributed by atoms with Gasteiger partial charge in [0.2, 0.25) is 0 Å². The number of benzene rings is 2. The molecule has 0 fully saturated rings. The number of carbonyl (C=O) groups is 1. The predicted octanol–water partition coefficient (Wildman–Crippen LogP) is 6.38. The lowest BCUT2D eigenvalue weighted by molar-refractivity contribution is 0.0469. The number of rotatable bonds is 19. The monoisotopic (exact) mass is 742 g/mol. The first-order valence-electron chi connectivity index (χ1n) is 17.1. The Bertz CT molecular complexity index is 1900. The van der Waals surface area contributed by atoms with Crippen LogP contribution in [0, 0.1) is 13.8 Å². The topological polar surface area (TPSA) is 142 Å². The SMILES string of the molecule is CCCc1nc(C(C)(C)O)c(C(=O)OCC)n1Cc1ccc(-c2ccccc2S(=O)(=O)N(COCCOC)c2nsc(C)c2C)c(COCC)c1.